The van der Waals surface area contributed by atoms with Crippen molar-refractivity contribution in [2.75, 3.05) is 19.6 Å². The summed E-state index contributed by atoms with van der Waals surface area (Å²) in [7, 11) is 0. The van der Waals surface area contributed by atoms with Crippen molar-refractivity contribution in [1.82, 2.24) is 15.6 Å². The molecular formula is C15H21N3O2S. The Bertz CT molecular complexity index is 608. The molecule has 3 N–H and O–H groups in total. The lowest BCUT2D eigenvalue weighted by atomic mass is 10.0. The Morgan fingerprint density at radius 1 is 1.43 bits per heavy atom. The molecule has 2 heterocycles. The molecule has 1 fully saturated rings. The summed E-state index contributed by atoms with van der Waals surface area (Å²) < 4.78 is 7.20. The zero-order valence-corrected chi connectivity index (χ0v) is 13.1. The Morgan fingerprint density at radius 2 is 2.29 bits per heavy atom. The lowest BCUT2D eigenvalue weighted by Crippen LogP contribution is -2.58. The zero-order chi connectivity index (χ0) is 14.8. The number of aryl methyl sites for hydroxylation is 1. The van der Waals surface area contributed by atoms with Crippen molar-refractivity contribution in [1.29, 1.82) is 0 Å². The van der Waals surface area contributed by atoms with Crippen LogP contribution in [-0.4, -0.2) is 48.0 Å². The van der Waals surface area contributed by atoms with Crippen molar-refractivity contribution in [3.05, 3.63) is 23.2 Å². The van der Waals surface area contributed by atoms with Crippen LogP contribution in [0.15, 0.2) is 18.2 Å². The molecule has 0 aliphatic carbocycles. The van der Waals surface area contributed by atoms with Gasteiger partial charge in [0.05, 0.1) is 27.4 Å². The minimum absolute atomic E-state index is 0.103. The average Bonchev–Trinajstić information content (AvgIpc) is 2.84. The molecule has 2 unspecified atom stereocenters. The molecule has 6 heteroatoms. The average molecular weight is 307 g/mol. The highest BCUT2D eigenvalue weighted by Gasteiger charge is 2.29. The van der Waals surface area contributed by atoms with E-state index in [4.69, 9.17) is 4.74 Å². The number of ether oxygens (including phenoxy) is 1. The maximum absolute atomic E-state index is 10.0. The van der Waals surface area contributed by atoms with Crippen molar-refractivity contribution in [2.45, 2.75) is 32.1 Å². The number of nitrogens with one attached hydrogen (secondary N) is 2. The first-order chi connectivity index (χ1) is 10.1. The van der Waals surface area contributed by atoms with Crippen LogP contribution in [0.25, 0.3) is 10.2 Å². The topological polar surface area (TPSA) is 66.4 Å². The predicted molar refractivity (Wildman–Crippen MR) is 85.1 cm³/mol. The van der Waals surface area contributed by atoms with Gasteiger partial charge in [-0.3, -0.25) is 0 Å². The third-order valence-corrected chi connectivity index (χ3v) is 4.63. The molecule has 0 bridgehead atoms. The molecule has 2 aromatic rings. The van der Waals surface area contributed by atoms with Crippen molar-refractivity contribution in [2.24, 2.45) is 0 Å². The highest BCUT2D eigenvalue weighted by molar-refractivity contribution is 7.18. The minimum Gasteiger partial charge on any atom is -0.486 e. The summed E-state index contributed by atoms with van der Waals surface area (Å²) >= 11 is 1.68. The number of aliphatic hydroxyl groups is 1. The molecule has 21 heavy (non-hydrogen) atoms. The van der Waals surface area contributed by atoms with E-state index in [0.29, 0.717) is 0 Å². The van der Waals surface area contributed by atoms with Gasteiger partial charge >= 0.3 is 0 Å². The maximum Gasteiger partial charge on any atom is 0.141 e. The molecule has 0 radical (unpaired) electrons. The number of piperazine rings is 1. The van der Waals surface area contributed by atoms with Crippen molar-refractivity contribution < 1.29 is 9.84 Å². The van der Waals surface area contributed by atoms with E-state index in [9.17, 15) is 5.11 Å². The van der Waals surface area contributed by atoms with Gasteiger partial charge in [0.1, 0.15) is 11.9 Å². The molecule has 1 aliphatic rings. The lowest BCUT2D eigenvalue weighted by molar-refractivity contribution is 0.0210. The summed E-state index contributed by atoms with van der Waals surface area (Å²) in [6.07, 6.45) is -0.828. The number of hydrogen-bond donors (Lipinski definition) is 3. The molecule has 0 spiro atoms. The van der Waals surface area contributed by atoms with Crippen LogP contribution < -0.4 is 15.4 Å². The van der Waals surface area contributed by atoms with Crippen LogP contribution in [0.4, 0.5) is 0 Å². The van der Waals surface area contributed by atoms with Gasteiger partial charge in [-0.15, -0.1) is 11.3 Å². The van der Waals surface area contributed by atoms with Gasteiger partial charge in [0.2, 0.25) is 0 Å². The maximum atomic E-state index is 10.0. The van der Waals surface area contributed by atoms with Crippen LogP contribution in [0.1, 0.15) is 11.9 Å². The Kier molecular flexibility index (Phi) is 4.40. The number of benzene rings is 1. The monoisotopic (exact) mass is 307 g/mol. The summed E-state index contributed by atoms with van der Waals surface area (Å²) in [6, 6.07) is 6.03. The van der Waals surface area contributed by atoms with E-state index in [1.807, 2.05) is 25.1 Å². The molecule has 3 atom stereocenters. The Balaban J connectivity index is 1.79. The number of aliphatic hydroxyl groups excluding tert-OH is 1. The second kappa shape index (κ2) is 6.27. The lowest BCUT2D eigenvalue weighted by Gasteiger charge is -2.33. The number of rotatable bonds is 4. The molecule has 1 aromatic heterocycles. The first-order valence-corrected chi connectivity index (χ1v) is 8.11. The number of hydrogen-bond acceptors (Lipinski definition) is 6. The van der Waals surface area contributed by atoms with Crippen LogP contribution in [0.5, 0.6) is 5.75 Å². The predicted octanol–water partition coefficient (Wildman–Crippen LogP) is 1.29. The van der Waals surface area contributed by atoms with Crippen LogP contribution in [-0.2, 0) is 0 Å². The summed E-state index contributed by atoms with van der Waals surface area (Å²) in [6.45, 7) is 6.41. The smallest absolute Gasteiger partial charge is 0.141 e. The number of fused-ring (bicyclic) bond motifs is 1. The van der Waals surface area contributed by atoms with Crippen molar-refractivity contribution in [3.8, 4) is 5.75 Å². The summed E-state index contributed by atoms with van der Waals surface area (Å²) in [4.78, 5) is 4.49. The Morgan fingerprint density at radius 3 is 3.00 bits per heavy atom. The molecular weight excluding hydrogens is 286 g/mol. The van der Waals surface area contributed by atoms with Gasteiger partial charge < -0.3 is 20.5 Å². The third kappa shape index (κ3) is 3.35. The SMILES string of the molecule is Cc1nc2cc(OC(C3CNCCN3)[C@@H](C)O)ccc2s1. The van der Waals surface area contributed by atoms with E-state index in [1.54, 1.807) is 18.3 Å². The van der Waals surface area contributed by atoms with Crippen LogP contribution >= 0.6 is 11.3 Å². The fourth-order valence-electron chi connectivity index (χ4n) is 2.68. The molecule has 1 aromatic carbocycles. The largest absolute Gasteiger partial charge is 0.486 e. The molecule has 1 aliphatic heterocycles. The summed E-state index contributed by atoms with van der Waals surface area (Å²) in [5, 5.41) is 17.8. The van der Waals surface area contributed by atoms with Crippen LogP contribution in [0, 0.1) is 6.92 Å². The number of nitrogens with zero attached hydrogens (tertiary/aromatic N) is 1. The van der Waals surface area contributed by atoms with Crippen molar-refractivity contribution >= 4 is 21.6 Å². The Hall–Kier alpha value is -1.21. The molecule has 114 valence electrons. The summed E-state index contributed by atoms with van der Waals surface area (Å²) in [5.41, 5.74) is 0.953. The van der Waals surface area contributed by atoms with Gasteiger partial charge in [-0.2, -0.15) is 0 Å². The van der Waals surface area contributed by atoms with Gasteiger partial charge in [-0.1, -0.05) is 0 Å². The van der Waals surface area contributed by atoms with E-state index in [2.05, 4.69) is 15.6 Å². The number of thiazole rings is 1. The van der Waals surface area contributed by atoms with E-state index >= 15 is 0 Å². The van der Waals surface area contributed by atoms with Gasteiger partial charge in [0.25, 0.3) is 0 Å². The van der Waals surface area contributed by atoms with Crippen LogP contribution in [0.3, 0.4) is 0 Å². The van der Waals surface area contributed by atoms with Gasteiger partial charge in [-0.05, 0) is 26.0 Å². The van der Waals surface area contributed by atoms with E-state index in [1.165, 1.54) is 0 Å². The first-order valence-electron chi connectivity index (χ1n) is 7.29. The van der Waals surface area contributed by atoms with E-state index in [-0.39, 0.29) is 12.1 Å². The van der Waals surface area contributed by atoms with Crippen molar-refractivity contribution in [3.63, 3.8) is 0 Å². The van der Waals surface area contributed by atoms with Gasteiger partial charge in [0, 0.05) is 25.7 Å². The molecule has 0 saturated carbocycles. The van der Waals surface area contributed by atoms with Gasteiger partial charge in [-0.25, -0.2) is 4.98 Å². The minimum atomic E-state index is -0.546. The molecule has 5 nitrogen and oxygen atoms in total. The molecule has 1 saturated heterocycles. The fraction of sp³-hybridized carbons (Fsp3) is 0.533. The highest BCUT2D eigenvalue weighted by atomic mass is 32.1. The Labute approximate surface area is 128 Å². The summed E-state index contributed by atoms with van der Waals surface area (Å²) in [5.74, 6) is 0.756. The van der Waals surface area contributed by atoms with Gasteiger partial charge in [0.15, 0.2) is 0 Å². The normalized spacial score (nSPS) is 22.1. The second-order valence-corrected chi connectivity index (χ2v) is 6.68. The van der Waals surface area contributed by atoms with Crippen LogP contribution in [0.2, 0.25) is 0 Å². The first kappa shape index (κ1) is 14.7. The third-order valence-electron chi connectivity index (χ3n) is 3.68. The second-order valence-electron chi connectivity index (χ2n) is 5.45. The highest BCUT2D eigenvalue weighted by Crippen LogP contribution is 2.26. The number of aromatic nitrogens is 1. The quantitative estimate of drug-likeness (QED) is 0.794. The fourth-order valence-corrected chi connectivity index (χ4v) is 3.49. The zero-order valence-electron chi connectivity index (χ0n) is 12.3. The molecule has 3 rings (SSSR count). The van der Waals surface area contributed by atoms with E-state index < -0.39 is 6.10 Å². The molecule has 0 amide bonds. The van der Waals surface area contributed by atoms with E-state index in [0.717, 1.165) is 40.6 Å². The standard InChI is InChI=1S/C15H21N3O2S/c1-9(19)15(13-8-16-5-6-17-13)20-11-3-4-14-12(7-11)18-10(2)21-14/h3-4,7,9,13,15-17,19H,5-6,8H2,1-2H3/t9-,13?,15?/m1/s1.